The molecule has 0 saturated heterocycles. The lowest BCUT2D eigenvalue weighted by Gasteiger charge is -2.38. The van der Waals surface area contributed by atoms with Crippen LogP contribution in [0.2, 0.25) is 0 Å². The lowest BCUT2D eigenvalue weighted by atomic mass is 9.83. The SMILES string of the molecule is COC(CCCc1ccccc1)(c1ccccc1)C(C)Oc1nc(C)cc(C)n1. The van der Waals surface area contributed by atoms with Crippen LogP contribution in [0.1, 0.15) is 42.3 Å². The second-order valence-corrected chi connectivity index (χ2v) is 7.49. The Morgan fingerprint density at radius 3 is 2.07 bits per heavy atom. The van der Waals surface area contributed by atoms with Crippen LogP contribution in [0.25, 0.3) is 0 Å². The zero-order chi connectivity index (χ0) is 20.7. The molecule has 3 aromatic rings. The second kappa shape index (κ2) is 9.66. The second-order valence-electron chi connectivity index (χ2n) is 7.49. The highest BCUT2D eigenvalue weighted by Crippen LogP contribution is 2.36. The van der Waals surface area contributed by atoms with Crippen molar-refractivity contribution in [2.24, 2.45) is 0 Å². The fraction of sp³-hybridized carbons (Fsp3) is 0.360. The molecule has 0 saturated carbocycles. The molecule has 4 heteroatoms. The number of hydrogen-bond donors (Lipinski definition) is 0. The number of aromatic nitrogens is 2. The highest BCUT2D eigenvalue weighted by Gasteiger charge is 2.40. The van der Waals surface area contributed by atoms with Gasteiger partial charge in [-0.1, -0.05) is 60.7 Å². The number of hydrogen-bond acceptors (Lipinski definition) is 4. The van der Waals surface area contributed by atoms with Gasteiger partial charge in [-0.3, -0.25) is 0 Å². The first-order valence-corrected chi connectivity index (χ1v) is 10.2. The summed E-state index contributed by atoms with van der Waals surface area (Å²) in [4.78, 5) is 8.91. The largest absolute Gasteiger partial charge is 0.457 e. The molecule has 0 aliphatic carbocycles. The zero-order valence-corrected chi connectivity index (χ0v) is 17.8. The Morgan fingerprint density at radius 1 is 0.897 bits per heavy atom. The molecule has 2 aromatic carbocycles. The summed E-state index contributed by atoms with van der Waals surface area (Å²) < 4.78 is 12.4. The van der Waals surface area contributed by atoms with Crippen LogP contribution < -0.4 is 4.74 Å². The van der Waals surface area contributed by atoms with Gasteiger partial charge in [0.15, 0.2) is 0 Å². The summed E-state index contributed by atoms with van der Waals surface area (Å²) in [5.74, 6) is 0. The van der Waals surface area contributed by atoms with Gasteiger partial charge >= 0.3 is 6.01 Å². The summed E-state index contributed by atoms with van der Waals surface area (Å²) in [6.45, 7) is 5.94. The van der Waals surface area contributed by atoms with E-state index in [9.17, 15) is 0 Å². The maximum atomic E-state index is 6.24. The summed E-state index contributed by atoms with van der Waals surface area (Å²) in [6, 6.07) is 23.2. The quantitative estimate of drug-likeness (QED) is 0.489. The molecule has 2 unspecified atom stereocenters. The third-order valence-corrected chi connectivity index (χ3v) is 5.38. The Morgan fingerprint density at radius 2 is 1.48 bits per heavy atom. The summed E-state index contributed by atoms with van der Waals surface area (Å²) in [5, 5.41) is 0. The van der Waals surface area contributed by atoms with Gasteiger partial charge in [0.05, 0.1) is 0 Å². The molecule has 152 valence electrons. The van der Waals surface area contributed by atoms with Gasteiger partial charge in [0.25, 0.3) is 0 Å². The minimum absolute atomic E-state index is 0.258. The van der Waals surface area contributed by atoms with E-state index in [1.165, 1.54) is 5.56 Å². The molecule has 0 bridgehead atoms. The van der Waals surface area contributed by atoms with Gasteiger partial charge in [-0.25, -0.2) is 9.97 Å². The average molecular weight is 391 g/mol. The van der Waals surface area contributed by atoms with Crippen molar-refractivity contribution >= 4 is 0 Å². The van der Waals surface area contributed by atoms with Gasteiger partial charge in [-0.15, -0.1) is 0 Å². The van der Waals surface area contributed by atoms with Crippen molar-refractivity contribution in [3.05, 3.63) is 89.2 Å². The van der Waals surface area contributed by atoms with Crippen LogP contribution in [0.15, 0.2) is 66.7 Å². The number of aryl methyl sites for hydroxylation is 3. The van der Waals surface area contributed by atoms with E-state index in [-0.39, 0.29) is 6.10 Å². The topological polar surface area (TPSA) is 44.2 Å². The molecule has 3 rings (SSSR count). The van der Waals surface area contributed by atoms with Crippen molar-refractivity contribution in [3.63, 3.8) is 0 Å². The Hall–Kier alpha value is -2.72. The van der Waals surface area contributed by atoms with E-state index in [0.717, 1.165) is 36.2 Å². The molecule has 0 spiro atoms. The van der Waals surface area contributed by atoms with Crippen molar-refractivity contribution in [3.8, 4) is 6.01 Å². The summed E-state index contributed by atoms with van der Waals surface area (Å²) >= 11 is 0. The first kappa shape index (κ1) is 21.0. The lowest BCUT2D eigenvalue weighted by molar-refractivity contribution is -0.0998. The molecule has 4 nitrogen and oxygen atoms in total. The molecule has 29 heavy (non-hydrogen) atoms. The van der Waals surface area contributed by atoms with Crippen LogP contribution in [-0.2, 0) is 16.8 Å². The van der Waals surface area contributed by atoms with Gasteiger partial charge in [0.1, 0.15) is 11.7 Å². The van der Waals surface area contributed by atoms with Crippen molar-refractivity contribution in [2.45, 2.75) is 51.7 Å². The Labute approximate surface area is 173 Å². The molecule has 1 aromatic heterocycles. The minimum atomic E-state index is -0.586. The van der Waals surface area contributed by atoms with Gasteiger partial charge in [0, 0.05) is 18.5 Å². The van der Waals surface area contributed by atoms with Crippen LogP contribution in [-0.4, -0.2) is 23.2 Å². The van der Waals surface area contributed by atoms with Gasteiger partial charge in [0.2, 0.25) is 0 Å². The molecule has 0 N–H and O–H groups in total. The fourth-order valence-corrected chi connectivity index (χ4v) is 3.89. The summed E-state index contributed by atoms with van der Waals surface area (Å²) in [5.41, 5.74) is 3.64. The highest BCUT2D eigenvalue weighted by atomic mass is 16.6. The number of ether oxygens (including phenoxy) is 2. The van der Waals surface area contributed by atoms with Crippen LogP contribution >= 0.6 is 0 Å². The Kier molecular flexibility index (Phi) is 6.99. The molecular weight excluding hydrogens is 360 g/mol. The minimum Gasteiger partial charge on any atom is -0.457 e. The Balaban J connectivity index is 1.84. The molecule has 0 amide bonds. The number of rotatable bonds is 9. The van der Waals surface area contributed by atoms with Crippen molar-refractivity contribution in [1.82, 2.24) is 9.97 Å². The van der Waals surface area contributed by atoms with Crippen molar-refractivity contribution < 1.29 is 9.47 Å². The van der Waals surface area contributed by atoms with Gasteiger partial charge < -0.3 is 9.47 Å². The highest BCUT2D eigenvalue weighted by molar-refractivity contribution is 5.25. The molecule has 0 fully saturated rings. The summed E-state index contributed by atoms with van der Waals surface area (Å²) in [6.07, 6.45) is 2.54. The normalized spacial score (nSPS) is 14.2. The molecule has 0 radical (unpaired) electrons. The van der Waals surface area contributed by atoms with E-state index in [4.69, 9.17) is 9.47 Å². The first-order valence-electron chi connectivity index (χ1n) is 10.2. The van der Waals surface area contributed by atoms with Crippen LogP contribution in [0.5, 0.6) is 6.01 Å². The predicted molar refractivity (Wildman–Crippen MR) is 116 cm³/mol. The van der Waals surface area contributed by atoms with Crippen LogP contribution in [0, 0.1) is 13.8 Å². The van der Waals surface area contributed by atoms with E-state index < -0.39 is 5.60 Å². The van der Waals surface area contributed by atoms with Crippen molar-refractivity contribution in [1.29, 1.82) is 0 Å². The van der Waals surface area contributed by atoms with Crippen LogP contribution in [0.3, 0.4) is 0 Å². The standard InChI is InChI=1S/C25H30N2O2/c1-19-18-20(2)27-24(26-19)29-21(3)25(28-4,23-15-9-6-10-16-23)17-11-14-22-12-7-5-8-13-22/h5-10,12-13,15-16,18,21H,11,14,17H2,1-4H3. The third-order valence-electron chi connectivity index (χ3n) is 5.38. The zero-order valence-electron chi connectivity index (χ0n) is 17.8. The average Bonchev–Trinajstić information content (AvgIpc) is 2.72. The molecule has 0 aliphatic heterocycles. The monoisotopic (exact) mass is 390 g/mol. The molecule has 0 aliphatic rings. The van der Waals surface area contributed by atoms with Crippen LogP contribution in [0.4, 0.5) is 0 Å². The fourth-order valence-electron chi connectivity index (χ4n) is 3.89. The Bertz CT molecular complexity index is 879. The van der Waals surface area contributed by atoms with E-state index in [2.05, 4.69) is 46.4 Å². The maximum Gasteiger partial charge on any atom is 0.317 e. The number of methoxy groups -OCH3 is 1. The van der Waals surface area contributed by atoms with Gasteiger partial charge in [-0.05, 0) is 57.2 Å². The van der Waals surface area contributed by atoms with E-state index in [1.54, 1.807) is 7.11 Å². The maximum absolute atomic E-state index is 6.24. The van der Waals surface area contributed by atoms with E-state index >= 15 is 0 Å². The van der Waals surface area contributed by atoms with Crippen molar-refractivity contribution in [2.75, 3.05) is 7.11 Å². The molecule has 1 heterocycles. The van der Waals surface area contributed by atoms with E-state index in [0.29, 0.717) is 6.01 Å². The predicted octanol–water partition coefficient (Wildman–Crippen LogP) is 5.43. The van der Waals surface area contributed by atoms with E-state index in [1.807, 2.05) is 51.1 Å². The summed E-state index contributed by atoms with van der Waals surface area (Å²) in [7, 11) is 1.76. The smallest absolute Gasteiger partial charge is 0.317 e. The first-order chi connectivity index (χ1) is 14.0. The van der Waals surface area contributed by atoms with Gasteiger partial charge in [-0.2, -0.15) is 0 Å². The lowest BCUT2D eigenvalue weighted by Crippen LogP contribution is -2.43. The number of benzene rings is 2. The molecular formula is C25H30N2O2. The molecule has 2 atom stereocenters. The third kappa shape index (κ3) is 5.21. The number of nitrogens with zero attached hydrogens (tertiary/aromatic N) is 2.